The summed E-state index contributed by atoms with van der Waals surface area (Å²) in [7, 11) is 34.9. The van der Waals surface area contributed by atoms with Gasteiger partial charge in [0.25, 0.3) is 0 Å². The molecule has 1 nitrogen and oxygen atoms in total. The highest BCUT2D eigenvalue weighted by atomic mass is 16.3. The Balaban J connectivity index is 1.68. The summed E-state index contributed by atoms with van der Waals surface area (Å²) in [5.41, 5.74) is 27.5. The van der Waals surface area contributed by atoms with E-state index in [1.807, 2.05) is 0 Å². The van der Waals surface area contributed by atoms with E-state index in [-0.39, 0.29) is 0 Å². The Labute approximate surface area is 344 Å². The van der Waals surface area contributed by atoms with Gasteiger partial charge in [-0.2, -0.15) is 0 Å². The zero-order valence-corrected chi connectivity index (χ0v) is 36.1. The first-order valence-corrected chi connectivity index (χ1v) is 20.4. The van der Waals surface area contributed by atoms with E-state index in [1.165, 1.54) is 158 Å². The molecule has 16 heteroatoms. The Bertz CT molecular complexity index is 3230. The molecule has 1 aromatic heterocycles. The van der Waals surface area contributed by atoms with Crippen molar-refractivity contribution in [2.24, 2.45) is 0 Å². The maximum atomic E-state index is 7.13. The quantitative estimate of drug-likeness (QED) is 0.0996. The third-order valence-corrected chi connectivity index (χ3v) is 15.1. The Morgan fingerprint density at radius 1 is 0.286 bits per heavy atom. The van der Waals surface area contributed by atoms with Gasteiger partial charge in [-0.15, -0.1) is 27.3 Å². The average molecular weight is 698 g/mol. The summed E-state index contributed by atoms with van der Waals surface area (Å²) >= 11 is 0. The van der Waals surface area contributed by atoms with Gasteiger partial charge in [0.1, 0.15) is 129 Å². The average Bonchev–Trinajstić information content (AvgIpc) is 3.60. The van der Waals surface area contributed by atoms with Crippen LogP contribution in [0.4, 0.5) is 0 Å². The zero-order chi connectivity index (χ0) is 40.0. The van der Waals surface area contributed by atoms with Crippen LogP contribution in [-0.2, 0) is 0 Å². The van der Waals surface area contributed by atoms with Crippen LogP contribution in [0.5, 0.6) is 0 Å². The molecule has 9 aromatic rings. The Morgan fingerprint density at radius 2 is 0.661 bits per heavy atom. The minimum atomic E-state index is 1.02. The first-order chi connectivity index (χ1) is 26.6. The summed E-state index contributed by atoms with van der Waals surface area (Å²) in [5.74, 6) is 0. The van der Waals surface area contributed by atoms with E-state index in [1.54, 1.807) is 0 Å². The predicted octanol–water partition coefficient (Wildman–Crippen LogP) is -14.6. The number of fused-ring (bicyclic) bond motifs is 8. The van der Waals surface area contributed by atoms with Crippen molar-refractivity contribution in [3.63, 3.8) is 0 Å². The summed E-state index contributed by atoms with van der Waals surface area (Å²) in [6.07, 6.45) is 0. The molecule has 0 radical (unpaired) electrons. The molecule has 0 atom stereocenters. The van der Waals surface area contributed by atoms with Gasteiger partial charge in [0, 0.05) is 10.8 Å². The van der Waals surface area contributed by atoms with E-state index >= 15 is 0 Å². The molecule has 0 aliphatic heterocycles. The van der Waals surface area contributed by atoms with E-state index in [2.05, 4.69) is 172 Å². The highest BCUT2D eigenvalue weighted by Gasteiger charge is 2.30. The van der Waals surface area contributed by atoms with Crippen LogP contribution in [-0.4, -0.2) is 118 Å². The lowest BCUT2D eigenvalue weighted by Gasteiger charge is -2.30. The molecule has 56 heavy (non-hydrogen) atoms. The Morgan fingerprint density at radius 3 is 1.18 bits per heavy atom. The molecule has 0 saturated carbocycles. The first-order valence-electron chi connectivity index (χ1n) is 20.4. The van der Waals surface area contributed by atoms with Crippen molar-refractivity contribution in [2.45, 2.75) is 0 Å². The van der Waals surface area contributed by atoms with Crippen molar-refractivity contribution in [1.29, 1.82) is 0 Å². The second-order valence-electron chi connectivity index (χ2n) is 17.2. The van der Waals surface area contributed by atoms with Gasteiger partial charge in [-0.25, -0.2) is 0 Å². The van der Waals surface area contributed by atoms with E-state index in [0.29, 0.717) is 0 Å². The van der Waals surface area contributed by atoms with Crippen molar-refractivity contribution >= 4 is 265 Å². The van der Waals surface area contributed by atoms with Crippen LogP contribution in [0.25, 0.3) is 87.3 Å². The molecule has 250 valence electrons. The SMILES string of the molecule is Bc1c(B)c(B)c2c(oc3c(B)c(B)c(B)c(-c4c5c(B)c(B)c(B)c(B)c5c(-c5cc6ccccc6c6ccccc56)c5c(B)c(B)c(B)c(B)c45)c32)c1B. The lowest BCUT2D eigenvalue weighted by atomic mass is 9.58. The first kappa shape index (κ1) is 37.2. The fourth-order valence-corrected chi connectivity index (χ4v) is 10.5. The van der Waals surface area contributed by atoms with Crippen LogP contribution in [0.1, 0.15) is 0 Å². The molecular formula is C40H39B15O. The number of benzene rings is 8. The lowest BCUT2D eigenvalue weighted by Crippen LogP contribution is -2.50. The molecule has 0 aliphatic carbocycles. The molecule has 0 saturated heterocycles. The monoisotopic (exact) mass is 700 g/mol. The summed E-state index contributed by atoms with van der Waals surface area (Å²) in [6.45, 7) is 0. The number of hydrogen-bond donors (Lipinski definition) is 0. The van der Waals surface area contributed by atoms with E-state index in [4.69, 9.17) is 4.42 Å². The van der Waals surface area contributed by atoms with E-state index in [0.717, 1.165) is 11.2 Å². The molecular weight excluding hydrogens is 659 g/mol. The van der Waals surface area contributed by atoms with Crippen molar-refractivity contribution in [2.75, 3.05) is 0 Å². The van der Waals surface area contributed by atoms with Crippen molar-refractivity contribution in [3.05, 3.63) is 54.6 Å². The molecule has 0 N–H and O–H groups in total. The highest BCUT2D eigenvalue weighted by Crippen LogP contribution is 2.45. The molecule has 0 unspecified atom stereocenters. The van der Waals surface area contributed by atoms with Crippen LogP contribution in [0.3, 0.4) is 0 Å². The van der Waals surface area contributed by atoms with Gasteiger partial charge >= 0.3 is 0 Å². The zero-order valence-electron chi connectivity index (χ0n) is 36.1. The van der Waals surface area contributed by atoms with Gasteiger partial charge in [-0.05, 0) is 71.4 Å². The molecule has 8 aromatic carbocycles. The molecule has 0 aliphatic rings. The van der Waals surface area contributed by atoms with Crippen LogP contribution < -0.4 is 81.9 Å². The maximum absolute atomic E-state index is 7.13. The number of hydrogen-bond acceptors (Lipinski definition) is 1. The van der Waals surface area contributed by atoms with Gasteiger partial charge in [0.15, 0.2) is 0 Å². The van der Waals surface area contributed by atoms with Crippen molar-refractivity contribution in [1.82, 2.24) is 0 Å². The largest absolute Gasteiger partial charge is 0.457 e. The minimum absolute atomic E-state index is 1.02. The van der Waals surface area contributed by atoms with Gasteiger partial charge in [-0.3, -0.25) is 0 Å². The summed E-state index contributed by atoms with van der Waals surface area (Å²) in [4.78, 5) is 0. The topological polar surface area (TPSA) is 13.1 Å². The second-order valence-corrected chi connectivity index (χ2v) is 17.2. The van der Waals surface area contributed by atoms with Crippen LogP contribution in [0.2, 0.25) is 0 Å². The number of furan rings is 1. The molecule has 1 heterocycles. The van der Waals surface area contributed by atoms with Crippen LogP contribution >= 0.6 is 0 Å². The Kier molecular flexibility index (Phi) is 8.49. The molecule has 0 fully saturated rings. The van der Waals surface area contributed by atoms with Crippen LogP contribution in [0.15, 0.2) is 59.0 Å². The standard InChI is InChI=1S/C40H39B15O/c41-24-17-15(14-9-10-5-1-2-6-11(10)12-7-3-4-8-13(12)14)18-20(27(44)33(50)31(48)25(18)42)16(19(17)26(43)32(49)30(24)47)21-22-23-29(46)34(51)36(53)38(55)40(23)56-39(22)37(54)35(52)28(21)45/h1-9H,41-55H2. The molecule has 0 spiro atoms. The van der Waals surface area contributed by atoms with Gasteiger partial charge in [0.2, 0.25) is 0 Å². The smallest absolute Gasteiger partial charge is 0.143 e. The molecule has 9 rings (SSSR count). The molecule has 0 amide bonds. The fraction of sp³-hybridized carbons (Fsp3) is 0. The fourth-order valence-electron chi connectivity index (χ4n) is 10.5. The van der Waals surface area contributed by atoms with Crippen molar-refractivity contribution in [3.8, 4) is 22.3 Å². The van der Waals surface area contributed by atoms with E-state index < -0.39 is 0 Å². The molecule has 0 bridgehead atoms. The second kappa shape index (κ2) is 12.8. The summed E-state index contributed by atoms with van der Waals surface area (Å²) in [6, 6.07) is 20.5. The van der Waals surface area contributed by atoms with Gasteiger partial charge in [-0.1, -0.05) is 103 Å². The third-order valence-electron chi connectivity index (χ3n) is 15.1. The summed E-state index contributed by atoms with van der Waals surface area (Å²) < 4.78 is 7.13. The van der Waals surface area contributed by atoms with Crippen LogP contribution in [0, 0.1) is 0 Å². The maximum Gasteiger partial charge on any atom is 0.143 e. The van der Waals surface area contributed by atoms with E-state index in [9.17, 15) is 0 Å². The predicted molar refractivity (Wildman–Crippen MR) is 297 cm³/mol. The highest BCUT2D eigenvalue weighted by molar-refractivity contribution is 6.73. The number of rotatable bonds is 2. The lowest BCUT2D eigenvalue weighted by molar-refractivity contribution is 0.675. The third kappa shape index (κ3) is 4.71. The van der Waals surface area contributed by atoms with Gasteiger partial charge in [0.05, 0.1) is 0 Å². The van der Waals surface area contributed by atoms with Gasteiger partial charge < -0.3 is 4.42 Å². The normalized spacial score (nSPS) is 11.9. The summed E-state index contributed by atoms with van der Waals surface area (Å²) in [5, 5.41) is 13.2. The minimum Gasteiger partial charge on any atom is -0.457 e. The van der Waals surface area contributed by atoms with Crippen molar-refractivity contribution < 1.29 is 4.42 Å². The Hall–Kier alpha value is -4.43.